The predicted octanol–water partition coefficient (Wildman–Crippen LogP) is 2.74. The first-order valence-electron chi connectivity index (χ1n) is 9.11. The number of hydrogen-bond acceptors (Lipinski definition) is 4. The normalized spacial score (nSPS) is 20.4. The number of amides is 1. The van der Waals surface area contributed by atoms with Crippen LogP contribution in [0.15, 0.2) is 24.3 Å². The number of ether oxygens (including phenoxy) is 1. The first-order chi connectivity index (χ1) is 12.9. The number of alkyl halides is 2. The molecular formula is C19H22F2N4O2. The summed E-state index contributed by atoms with van der Waals surface area (Å²) in [7, 11) is 0. The Hall–Kier alpha value is -2.48. The average molecular weight is 376 g/mol. The van der Waals surface area contributed by atoms with Crippen LogP contribution in [0.2, 0.25) is 0 Å². The molecule has 6 nitrogen and oxygen atoms in total. The molecule has 0 radical (unpaired) electrons. The zero-order valence-corrected chi connectivity index (χ0v) is 15.3. The van der Waals surface area contributed by atoms with Crippen LogP contribution >= 0.6 is 0 Å². The van der Waals surface area contributed by atoms with Gasteiger partial charge in [-0.15, -0.1) is 0 Å². The molecule has 27 heavy (non-hydrogen) atoms. The van der Waals surface area contributed by atoms with Crippen LogP contribution in [0.4, 0.5) is 8.78 Å². The minimum absolute atomic E-state index is 0.0354. The second-order valence-electron chi connectivity index (χ2n) is 7.11. The lowest BCUT2D eigenvalue weighted by molar-refractivity contribution is -0.0498. The van der Waals surface area contributed by atoms with E-state index >= 15 is 0 Å². The Morgan fingerprint density at radius 2 is 2.00 bits per heavy atom. The van der Waals surface area contributed by atoms with Gasteiger partial charge in [-0.1, -0.05) is 12.1 Å². The standard InChI is InChI=1S/C19H22F2N4O2/c1-11-9-16-15(10-22-11)17-18(26)24(7-8-25(17)23-16)12(2)13-3-5-14(6-4-13)27-19(20)21/h3-6,11-12,19,22H,7-10H2,1-2H3/t11?,12-/m0/s1. The Morgan fingerprint density at radius 1 is 1.26 bits per heavy atom. The smallest absolute Gasteiger partial charge is 0.387 e. The third-order valence-corrected chi connectivity index (χ3v) is 5.33. The molecule has 2 aliphatic rings. The number of rotatable bonds is 4. The molecule has 144 valence electrons. The molecule has 1 N–H and O–H groups in total. The van der Waals surface area contributed by atoms with Gasteiger partial charge < -0.3 is 15.0 Å². The number of carbonyl (C=O) groups excluding carboxylic acids is 1. The SMILES string of the molecule is CC1Cc2nn3c(c2CN1)C(=O)N([C@@H](C)c1ccc(OC(F)F)cc1)CC3. The van der Waals surface area contributed by atoms with Gasteiger partial charge in [-0.05, 0) is 31.5 Å². The van der Waals surface area contributed by atoms with Gasteiger partial charge in [0.2, 0.25) is 0 Å². The highest BCUT2D eigenvalue weighted by Gasteiger charge is 2.35. The van der Waals surface area contributed by atoms with Crippen molar-refractivity contribution in [3.63, 3.8) is 0 Å². The van der Waals surface area contributed by atoms with E-state index in [1.807, 2.05) is 16.5 Å². The number of nitrogens with one attached hydrogen (secondary N) is 1. The predicted molar refractivity (Wildman–Crippen MR) is 94.8 cm³/mol. The summed E-state index contributed by atoms with van der Waals surface area (Å²) in [6.45, 7) is 3.07. The van der Waals surface area contributed by atoms with Crippen molar-refractivity contribution in [1.29, 1.82) is 0 Å². The molecule has 3 heterocycles. The highest BCUT2D eigenvalue weighted by atomic mass is 19.3. The summed E-state index contributed by atoms with van der Waals surface area (Å²) < 4.78 is 30.8. The Balaban J connectivity index is 1.56. The molecule has 0 spiro atoms. The molecule has 2 aliphatic heterocycles. The summed E-state index contributed by atoms with van der Waals surface area (Å²) in [5, 5.41) is 8.03. The van der Waals surface area contributed by atoms with Gasteiger partial charge in [0.1, 0.15) is 11.4 Å². The van der Waals surface area contributed by atoms with Crippen molar-refractivity contribution in [1.82, 2.24) is 20.0 Å². The molecule has 8 heteroatoms. The second kappa shape index (κ2) is 6.92. The summed E-state index contributed by atoms with van der Waals surface area (Å²) >= 11 is 0. The van der Waals surface area contributed by atoms with Crippen LogP contribution < -0.4 is 10.1 Å². The van der Waals surface area contributed by atoms with Gasteiger partial charge >= 0.3 is 6.61 Å². The van der Waals surface area contributed by atoms with Gasteiger partial charge in [0.15, 0.2) is 0 Å². The van der Waals surface area contributed by atoms with Crippen LogP contribution in [0.3, 0.4) is 0 Å². The lowest BCUT2D eigenvalue weighted by atomic mass is 10.00. The van der Waals surface area contributed by atoms with E-state index in [-0.39, 0.29) is 17.7 Å². The maximum absolute atomic E-state index is 13.2. The van der Waals surface area contributed by atoms with Gasteiger partial charge in [-0.25, -0.2) is 0 Å². The van der Waals surface area contributed by atoms with Crippen molar-refractivity contribution in [2.45, 2.75) is 52.1 Å². The highest BCUT2D eigenvalue weighted by molar-refractivity contribution is 5.95. The summed E-state index contributed by atoms with van der Waals surface area (Å²) in [5.41, 5.74) is 3.54. The number of nitrogens with zero attached hydrogens (tertiary/aromatic N) is 3. The fourth-order valence-electron chi connectivity index (χ4n) is 3.86. The van der Waals surface area contributed by atoms with Gasteiger partial charge in [-0.3, -0.25) is 9.48 Å². The topological polar surface area (TPSA) is 59.4 Å². The highest BCUT2D eigenvalue weighted by Crippen LogP contribution is 2.30. The Bertz CT molecular complexity index is 850. The van der Waals surface area contributed by atoms with Crippen molar-refractivity contribution < 1.29 is 18.3 Å². The molecule has 1 unspecified atom stereocenters. The van der Waals surface area contributed by atoms with Crippen LogP contribution in [-0.2, 0) is 19.5 Å². The van der Waals surface area contributed by atoms with Gasteiger partial charge in [-0.2, -0.15) is 13.9 Å². The van der Waals surface area contributed by atoms with E-state index in [9.17, 15) is 13.6 Å². The van der Waals surface area contributed by atoms with Crippen LogP contribution in [-0.4, -0.2) is 39.8 Å². The van der Waals surface area contributed by atoms with Crippen molar-refractivity contribution in [3.8, 4) is 5.75 Å². The Morgan fingerprint density at radius 3 is 2.70 bits per heavy atom. The number of benzene rings is 1. The number of hydrogen-bond donors (Lipinski definition) is 1. The minimum Gasteiger partial charge on any atom is -0.435 e. The molecule has 0 fully saturated rings. The molecule has 2 atom stereocenters. The van der Waals surface area contributed by atoms with E-state index in [0.29, 0.717) is 31.4 Å². The first kappa shape index (κ1) is 17.9. The van der Waals surface area contributed by atoms with Crippen LogP contribution in [0.5, 0.6) is 5.75 Å². The van der Waals surface area contributed by atoms with E-state index in [1.165, 1.54) is 12.1 Å². The maximum atomic E-state index is 13.2. The Labute approximate surface area is 156 Å². The molecule has 1 aromatic heterocycles. The van der Waals surface area contributed by atoms with Gasteiger partial charge in [0, 0.05) is 31.1 Å². The Kier molecular flexibility index (Phi) is 4.59. The molecule has 2 aromatic rings. The number of halogens is 2. The quantitative estimate of drug-likeness (QED) is 0.892. The van der Waals surface area contributed by atoms with Crippen LogP contribution in [0.1, 0.15) is 47.2 Å². The van der Waals surface area contributed by atoms with Crippen molar-refractivity contribution in [2.24, 2.45) is 0 Å². The molecule has 0 saturated heterocycles. The molecule has 4 rings (SSSR count). The average Bonchev–Trinajstić information content (AvgIpc) is 3.00. The lowest BCUT2D eigenvalue weighted by Gasteiger charge is -2.33. The van der Waals surface area contributed by atoms with Crippen molar-refractivity contribution in [2.75, 3.05) is 6.54 Å². The zero-order valence-electron chi connectivity index (χ0n) is 15.3. The summed E-state index contributed by atoms with van der Waals surface area (Å²) in [6.07, 6.45) is 0.823. The van der Waals surface area contributed by atoms with E-state index in [0.717, 1.165) is 23.2 Å². The number of aromatic nitrogens is 2. The zero-order chi connectivity index (χ0) is 19.1. The number of carbonyl (C=O) groups is 1. The third kappa shape index (κ3) is 3.29. The minimum atomic E-state index is -2.85. The van der Waals surface area contributed by atoms with E-state index in [2.05, 4.69) is 22.1 Å². The van der Waals surface area contributed by atoms with Gasteiger partial charge in [0.05, 0.1) is 18.3 Å². The fraction of sp³-hybridized carbons (Fsp3) is 0.474. The summed E-state index contributed by atoms with van der Waals surface area (Å²) in [6, 6.07) is 6.63. The summed E-state index contributed by atoms with van der Waals surface area (Å²) in [5.74, 6) is 0.0741. The van der Waals surface area contributed by atoms with Crippen molar-refractivity contribution >= 4 is 5.91 Å². The largest absolute Gasteiger partial charge is 0.435 e. The van der Waals surface area contributed by atoms with E-state index in [4.69, 9.17) is 0 Å². The molecular weight excluding hydrogens is 354 g/mol. The lowest BCUT2D eigenvalue weighted by Crippen LogP contribution is -2.42. The molecule has 0 aliphatic carbocycles. The molecule has 1 amide bonds. The van der Waals surface area contributed by atoms with Crippen LogP contribution in [0.25, 0.3) is 0 Å². The third-order valence-electron chi connectivity index (χ3n) is 5.33. The fourth-order valence-corrected chi connectivity index (χ4v) is 3.86. The van der Waals surface area contributed by atoms with Crippen LogP contribution in [0, 0.1) is 0 Å². The molecule has 0 bridgehead atoms. The van der Waals surface area contributed by atoms with Crippen molar-refractivity contribution in [3.05, 3.63) is 46.8 Å². The van der Waals surface area contributed by atoms with E-state index in [1.54, 1.807) is 12.1 Å². The molecule has 0 saturated carbocycles. The van der Waals surface area contributed by atoms with Gasteiger partial charge in [0.25, 0.3) is 5.91 Å². The first-order valence-corrected chi connectivity index (χ1v) is 9.11. The summed E-state index contributed by atoms with van der Waals surface area (Å²) in [4.78, 5) is 15.0. The second-order valence-corrected chi connectivity index (χ2v) is 7.11. The monoisotopic (exact) mass is 376 g/mol. The maximum Gasteiger partial charge on any atom is 0.387 e. The molecule has 1 aromatic carbocycles. The number of fused-ring (bicyclic) bond motifs is 3. The van der Waals surface area contributed by atoms with E-state index < -0.39 is 6.61 Å².